The minimum atomic E-state index is -0.272. The molecule has 7 atom stereocenters. The number of Topliss-reactive ketones (excluding diaryl/α,β-unsaturated/α-hetero) is 1. The number of hydrogen-bond donors (Lipinski definition) is 2. The summed E-state index contributed by atoms with van der Waals surface area (Å²) in [6.07, 6.45) is 7.48. The zero-order valence-corrected chi connectivity index (χ0v) is 18.4. The molecule has 5 rings (SSSR count). The van der Waals surface area contributed by atoms with Gasteiger partial charge in [0.1, 0.15) is 11.9 Å². The summed E-state index contributed by atoms with van der Waals surface area (Å²) in [4.78, 5) is 31.5. The van der Waals surface area contributed by atoms with Crippen molar-refractivity contribution in [1.82, 2.24) is 10.6 Å². The van der Waals surface area contributed by atoms with E-state index in [2.05, 4.69) is 29.6 Å². The lowest BCUT2D eigenvalue weighted by Crippen LogP contribution is -2.65. The molecule has 1 amide bonds. The van der Waals surface area contributed by atoms with Gasteiger partial charge >= 0.3 is 0 Å². The molecule has 2 saturated heterocycles. The van der Waals surface area contributed by atoms with Crippen LogP contribution in [0.2, 0.25) is 0 Å². The lowest BCUT2D eigenvalue weighted by Gasteiger charge is -2.58. The van der Waals surface area contributed by atoms with Gasteiger partial charge in [0.2, 0.25) is 5.91 Å². The number of halogens is 1. The largest absolute Gasteiger partial charge is 0.391 e. The molecule has 6 nitrogen and oxygen atoms in total. The minimum Gasteiger partial charge on any atom is -0.391 e. The maximum atomic E-state index is 13.2. The molecule has 2 aliphatic heterocycles. The Morgan fingerprint density at radius 3 is 2.66 bits per heavy atom. The molecule has 0 aromatic rings. The quantitative estimate of drug-likeness (QED) is 0.669. The van der Waals surface area contributed by atoms with E-state index in [1.54, 1.807) is 0 Å². The molecule has 7 heteroatoms. The van der Waals surface area contributed by atoms with Crippen molar-refractivity contribution in [2.45, 2.75) is 77.4 Å². The number of carbonyl (C=O) groups excluding carboxylic acids is 2. The van der Waals surface area contributed by atoms with Gasteiger partial charge in [-0.25, -0.2) is 0 Å². The molecule has 0 aromatic heterocycles. The van der Waals surface area contributed by atoms with Crippen molar-refractivity contribution in [3.8, 4) is 0 Å². The minimum absolute atomic E-state index is 0. The highest BCUT2D eigenvalue weighted by Crippen LogP contribution is 2.61. The monoisotopic (exact) mass is 423 g/mol. The Morgan fingerprint density at radius 1 is 1.07 bits per heavy atom. The molecule has 2 N–H and O–H groups in total. The zero-order chi connectivity index (χ0) is 19.5. The highest BCUT2D eigenvalue weighted by atomic mass is 35.5. The Bertz CT molecular complexity index is 722. The molecule has 0 aromatic carbocycles. The fourth-order valence-corrected chi connectivity index (χ4v) is 7.06. The second-order valence-electron chi connectivity index (χ2n) is 10.3. The van der Waals surface area contributed by atoms with Crippen LogP contribution in [-0.4, -0.2) is 42.6 Å². The molecule has 2 heterocycles. The van der Waals surface area contributed by atoms with Gasteiger partial charge in [-0.1, -0.05) is 19.0 Å². The van der Waals surface area contributed by atoms with Gasteiger partial charge in [-0.3, -0.25) is 9.59 Å². The van der Waals surface area contributed by atoms with Gasteiger partial charge in [-0.05, 0) is 55.9 Å². The Labute approximate surface area is 179 Å². The van der Waals surface area contributed by atoms with E-state index >= 15 is 0 Å². The predicted octanol–water partition coefficient (Wildman–Crippen LogP) is 2.84. The molecule has 3 saturated carbocycles. The lowest BCUT2D eigenvalue weighted by molar-refractivity contribution is -0.153. The van der Waals surface area contributed by atoms with Gasteiger partial charge in [0.15, 0.2) is 0 Å². The maximum absolute atomic E-state index is 13.2. The van der Waals surface area contributed by atoms with Gasteiger partial charge in [-0.2, -0.15) is 0 Å². The Morgan fingerprint density at radius 2 is 1.90 bits per heavy atom. The van der Waals surface area contributed by atoms with Crippen LogP contribution in [0, 0.1) is 28.6 Å². The van der Waals surface area contributed by atoms with E-state index in [0.29, 0.717) is 18.1 Å². The van der Waals surface area contributed by atoms with Crippen LogP contribution in [0.5, 0.6) is 0 Å². The summed E-state index contributed by atoms with van der Waals surface area (Å²) in [6.45, 7) is 6.35. The molecule has 29 heavy (non-hydrogen) atoms. The van der Waals surface area contributed by atoms with Gasteiger partial charge < -0.3 is 15.5 Å². The topological polar surface area (TPSA) is 79.8 Å². The van der Waals surface area contributed by atoms with Crippen molar-refractivity contribution in [1.29, 1.82) is 0 Å². The number of oxime groups is 1. The standard InChI is InChI=1S/C22H33N3O3.ClH/c1-21-8-5-13(25-28-14-7-10-23-12-14)11-17(21)24-20(27)19-15-3-4-18(26)22(15,2)9-6-16(19)21;/h14-17,19,23H,3-12H2,1-2H3,(H,24,27);1H/b25-13+;/t14-,15+,16+,17?,19+,21-,22+;/m1./s1. The van der Waals surface area contributed by atoms with Crippen molar-refractivity contribution < 1.29 is 14.4 Å². The fraction of sp³-hybridized carbons (Fsp3) is 0.864. The Balaban J connectivity index is 0.00000205. The van der Waals surface area contributed by atoms with Crippen molar-refractivity contribution in [3.05, 3.63) is 0 Å². The number of carbonyl (C=O) groups is 2. The van der Waals surface area contributed by atoms with Crippen LogP contribution in [0.4, 0.5) is 0 Å². The highest BCUT2D eigenvalue weighted by Gasteiger charge is 2.62. The van der Waals surface area contributed by atoms with Crippen LogP contribution in [0.25, 0.3) is 0 Å². The first kappa shape index (κ1) is 21.1. The van der Waals surface area contributed by atoms with E-state index in [1.165, 1.54) is 0 Å². The summed E-state index contributed by atoms with van der Waals surface area (Å²) < 4.78 is 0. The number of piperidine rings is 1. The third kappa shape index (κ3) is 3.21. The average Bonchev–Trinajstić information content (AvgIpc) is 3.29. The summed E-state index contributed by atoms with van der Waals surface area (Å²) in [7, 11) is 0. The summed E-state index contributed by atoms with van der Waals surface area (Å²) in [5.74, 6) is 1.18. The van der Waals surface area contributed by atoms with E-state index in [1.807, 2.05) is 0 Å². The zero-order valence-electron chi connectivity index (χ0n) is 17.5. The van der Waals surface area contributed by atoms with Crippen molar-refractivity contribution in [2.75, 3.05) is 13.1 Å². The van der Waals surface area contributed by atoms with E-state index in [9.17, 15) is 9.59 Å². The van der Waals surface area contributed by atoms with E-state index in [-0.39, 0.29) is 53.1 Å². The number of amides is 1. The molecule has 5 aliphatic rings. The normalized spacial score (nSPS) is 47.7. The number of fused-ring (bicyclic) bond motifs is 5. The van der Waals surface area contributed by atoms with Gasteiger partial charge in [0.25, 0.3) is 0 Å². The first-order valence-corrected chi connectivity index (χ1v) is 11.2. The van der Waals surface area contributed by atoms with E-state index in [0.717, 1.165) is 63.7 Å². The van der Waals surface area contributed by atoms with Crippen LogP contribution < -0.4 is 10.6 Å². The number of rotatable bonds is 2. The van der Waals surface area contributed by atoms with Gasteiger partial charge in [0, 0.05) is 43.2 Å². The second kappa shape index (κ2) is 7.52. The molecule has 162 valence electrons. The molecule has 0 bridgehead atoms. The van der Waals surface area contributed by atoms with E-state index < -0.39 is 0 Å². The van der Waals surface area contributed by atoms with Crippen molar-refractivity contribution in [3.63, 3.8) is 0 Å². The smallest absolute Gasteiger partial charge is 0.223 e. The Hall–Kier alpha value is -1.14. The van der Waals surface area contributed by atoms with E-state index in [4.69, 9.17) is 4.84 Å². The van der Waals surface area contributed by atoms with Gasteiger partial charge in [0.05, 0.1) is 5.71 Å². The highest BCUT2D eigenvalue weighted by molar-refractivity contribution is 5.91. The number of nitrogens with one attached hydrogen (secondary N) is 2. The summed E-state index contributed by atoms with van der Waals surface area (Å²) in [6, 6.07) is 0.139. The van der Waals surface area contributed by atoms with Crippen LogP contribution in [0.1, 0.15) is 65.2 Å². The molecule has 1 unspecified atom stereocenters. The summed E-state index contributed by atoms with van der Waals surface area (Å²) in [5.41, 5.74) is 0.913. The molecule has 3 aliphatic carbocycles. The van der Waals surface area contributed by atoms with Crippen LogP contribution in [-0.2, 0) is 14.4 Å². The molecule has 0 spiro atoms. The van der Waals surface area contributed by atoms with Crippen molar-refractivity contribution >= 4 is 29.8 Å². The first-order valence-electron chi connectivity index (χ1n) is 11.2. The Kier molecular flexibility index (Phi) is 5.48. The number of nitrogens with zero attached hydrogens (tertiary/aromatic N) is 1. The third-order valence-corrected chi connectivity index (χ3v) is 8.98. The SMILES string of the molecule is C[C@]12CC/C(=N\O[C@@H]3CCNC3)CC1NC(=O)[C@@H]1[C@@H]2CC[C@]2(C)C(=O)CC[C@@H]12.Cl. The molecule has 5 fully saturated rings. The molecule has 0 radical (unpaired) electrons. The second-order valence-corrected chi connectivity index (χ2v) is 10.3. The third-order valence-electron chi connectivity index (χ3n) is 8.98. The van der Waals surface area contributed by atoms with Crippen LogP contribution in [0.3, 0.4) is 0 Å². The summed E-state index contributed by atoms with van der Waals surface area (Å²) >= 11 is 0. The number of hydrogen-bond acceptors (Lipinski definition) is 5. The molecular formula is C22H34ClN3O3. The number of ketones is 1. The molecular weight excluding hydrogens is 390 g/mol. The predicted molar refractivity (Wildman–Crippen MR) is 113 cm³/mol. The fourth-order valence-electron chi connectivity index (χ4n) is 7.06. The maximum Gasteiger partial charge on any atom is 0.223 e. The lowest BCUT2D eigenvalue weighted by atomic mass is 9.49. The van der Waals surface area contributed by atoms with Crippen molar-refractivity contribution in [2.24, 2.45) is 33.7 Å². The summed E-state index contributed by atoms with van der Waals surface area (Å²) in [5, 5.41) is 11.1. The average molecular weight is 424 g/mol. The van der Waals surface area contributed by atoms with Gasteiger partial charge in [-0.15, -0.1) is 12.4 Å². The van der Waals surface area contributed by atoms with Crippen LogP contribution in [0.15, 0.2) is 5.16 Å². The first-order chi connectivity index (χ1) is 13.4. The van der Waals surface area contributed by atoms with Crippen LogP contribution >= 0.6 is 12.4 Å².